The molecule has 1 aliphatic rings. The number of aromatic nitrogens is 3. The Labute approximate surface area is 270 Å². The van der Waals surface area contributed by atoms with Crippen LogP contribution in [0, 0.1) is 0 Å². The van der Waals surface area contributed by atoms with Gasteiger partial charge in [-0.05, 0) is 74.5 Å². The fourth-order valence-electron chi connectivity index (χ4n) is 7.13. The first-order valence-corrected chi connectivity index (χ1v) is 15.8. The number of hydrogen-bond donors (Lipinski definition) is 0. The molecule has 0 amide bonds. The van der Waals surface area contributed by atoms with E-state index in [1.807, 2.05) is 36.4 Å². The van der Waals surface area contributed by atoms with E-state index in [-0.39, 0.29) is 0 Å². The summed E-state index contributed by atoms with van der Waals surface area (Å²) in [7, 11) is 0. The molecule has 218 valence electrons. The molecule has 4 heteroatoms. The molecule has 0 N–H and O–H groups in total. The third-order valence-corrected chi connectivity index (χ3v) is 9.25. The van der Waals surface area contributed by atoms with Crippen molar-refractivity contribution >= 4 is 32.7 Å². The van der Waals surface area contributed by atoms with Gasteiger partial charge in [0.2, 0.25) is 0 Å². The first-order chi connectivity index (χ1) is 23.3. The van der Waals surface area contributed by atoms with Gasteiger partial charge in [-0.1, -0.05) is 121 Å². The second-order valence-electron chi connectivity index (χ2n) is 12.0. The van der Waals surface area contributed by atoms with Crippen molar-refractivity contribution in [3.8, 4) is 67.5 Å². The molecule has 0 saturated carbocycles. The molecule has 0 atom stereocenters. The molecule has 10 rings (SSSR count). The van der Waals surface area contributed by atoms with Crippen molar-refractivity contribution in [2.45, 2.75) is 0 Å². The fourth-order valence-corrected chi connectivity index (χ4v) is 7.13. The Morgan fingerprint density at radius 2 is 0.957 bits per heavy atom. The van der Waals surface area contributed by atoms with Gasteiger partial charge in [-0.3, -0.25) is 0 Å². The van der Waals surface area contributed by atoms with Crippen LogP contribution >= 0.6 is 0 Å². The zero-order chi connectivity index (χ0) is 30.9. The minimum Gasteiger partial charge on any atom is -0.456 e. The van der Waals surface area contributed by atoms with Gasteiger partial charge in [0.05, 0.1) is 0 Å². The first kappa shape index (κ1) is 25.9. The summed E-state index contributed by atoms with van der Waals surface area (Å²) < 4.78 is 6.26. The molecule has 0 radical (unpaired) electrons. The maximum Gasteiger partial charge on any atom is 0.164 e. The molecular weight excluding hydrogens is 574 g/mol. The molecule has 4 nitrogen and oxygen atoms in total. The smallest absolute Gasteiger partial charge is 0.164 e. The van der Waals surface area contributed by atoms with E-state index in [4.69, 9.17) is 19.4 Å². The maximum atomic E-state index is 6.26. The molecule has 0 spiro atoms. The van der Waals surface area contributed by atoms with Crippen molar-refractivity contribution in [3.05, 3.63) is 152 Å². The van der Waals surface area contributed by atoms with Gasteiger partial charge in [0, 0.05) is 27.5 Å². The summed E-state index contributed by atoms with van der Waals surface area (Å²) in [6.45, 7) is 0. The van der Waals surface area contributed by atoms with Crippen LogP contribution in [0.3, 0.4) is 0 Å². The molecule has 1 aliphatic carbocycles. The van der Waals surface area contributed by atoms with Gasteiger partial charge in [-0.25, -0.2) is 15.0 Å². The Morgan fingerprint density at radius 3 is 1.85 bits per heavy atom. The number of furan rings is 1. The van der Waals surface area contributed by atoms with Gasteiger partial charge >= 0.3 is 0 Å². The number of para-hydroxylation sites is 1. The lowest BCUT2D eigenvalue weighted by molar-refractivity contribution is 0.669. The molecule has 2 aromatic heterocycles. The maximum absolute atomic E-state index is 6.26. The summed E-state index contributed by atoms with van der Waals surface area (Å²) in [4.78, 5) is 15.5. The minimum atomic E-state index is 0.609. The molecule has 0 fully saturated rings. The third-order valence-electron chi connectivity index (χ3n) is 9.25. The third kappa shape index (κ3) is 4.05. The summed E-state index contributed by atoms with van der Waals surface area (Å²) in [5.41, 5.74) is 11.7. The van der Waals surface area contributed by atoms with Gasteiger partial charge < -0.3 is 4.42 Å². The second kappa shape index (κ2) is 10.1. The van der Waals surface area contributed by atoms with Gasteiger partial charge in [0.1, 0.15) is 11.2 Å². The molecule has 9 aromatic rings. The molecule has 2 heterocycles. The van der Waals surface area contributed by atoms with Crippen LogP contribution in [0.2, 0.25) is 0 Å². The minimum absolute atomic E-state index is 0.609. The highest BCUT2D eigenvalue weighted by Gasteiger charge is 2.23. The van der Waals surface area contributed by atoms with Crippen molar-refractivity contribution in [1.82, 2.24) is 15.0 Å². The van der Waals surface area contributed by atoms with E-state index in [0.29, 0.717) is 17.5 Å². The van der Waals surface area contributed by atoms with Crippen molar-refractivity contribution in [2.24, 2.45) is 0 Å². The zero-order valence-corrected chi connectivity index (χ0v) is 25.2. The van der Waals surface area contributed by atoms with Crippen molar-refractivity contribution in [2.75, 3.05) is 0 Å². The second-order valence-corrected chi connectivity index (χ2v) is 12.0. The molecule has 0 unspecified atom stereocenters. The van der Waals surface area contributed by atoms with Crippen LogP contribution in [0.25, 0.3) is 100 Å². The lowest BCUT2D eigenvalue weighted by atomic mass is 9.99. The number of benzene rings is 7. The predicted molar refractivity (Wildman–Crippen MR) is 191 cm³/mol. The lowest BCUT2D eigenvalue weighted by Crippen LogP contribution is -2.01. The Kier molecular flexibility index (Phi) is 5.54. The molecule has 47 heavy (non-hydrogen) atoms. The van der Waals surface area contributed by atoms with Crippen LogP contribution in [0.5, 0.6) is 0 Å². The van der Waals surface area contributed by atoms with Crippen molar-refractivity contribution in [3.63, 3.8) is 0 Å². The Bertz CT molecular complexity index is 2690. The quantitative estimate of drug-likeness (QED) is 0.202. The molecule has 0 saturated heterocycles. The summed E-state index contributed by atoms with van der Waals surface area (Å²) in [5, 5.41) is 4.48. The summed E-state index contributed by atoms with van der Waals surface area (Å²) >= 11 is 0. The van der Waals surface area contributed by atoms with Crippen LogP contribution in [0.1, 0.15) is 0 Å². The van der Waals surface area contributed by atoms with Gasteiger partial charge in [-0.15, -0.1) is 0 Å². The highest BCUT2D eigenvalue weighted by molar-refractivity contribution is 6.16. The van der Waals surface area contributed by atoms with E-state index < -0.39 is 0 Å². The standard InChI is InChI=1S/C43H25N3O/c1-2-11-26(12-3-1)27-13-8-15-29(23-27)41-44-42(30-24-28-14-9-19-33-31-16-4-5-17-32(31)36(25-30)39(28)33)46-43(45-41)35-20-10-22-38-40(35)34-18-6-7-21-37(34)47-38/h1-25H. The Balaban J connectivity index is 1.24. The molecule has 0 bridgehead atoms. The number of hydrogen-bond acceptors (Lipinski definition) is 4. The topological polar surface area (TPSA) is 51.8 Å². The van der Waals surface area contributed by atoms with Crippen LogP contribution < -0.4 is 0 Å². The van der Waals surface area contributed by atoms with Crippen molar-refractivity contribution < 1.29 is 4.42 Å². The highest BCUT2D eigenvalue weighted by atomic mass is 16.3. The number of fused-ring (bicyclic) bond motifs is 6. The summed E-state index contributed by atoms with van der Waals surface area (Å²) in [6, 6.07) is 52.7. The van der Waals surface area contributed by atoms with E-state index in [2.05, 4.69) is 115 Å². The largest absolute Gasteiger partial charge is 0.456 e. The van der Waals surface area contributed by atoms with Gasteiger partial charge in [0.15, 0.2) is 17.5 Å². The molecule has 7 aromatic carbocycles. The average molecular weight is 600 g/mol. The summed E-state index contributed by atoms with van der Waals surface area (Å²) in [5.74, 6) is 1.86. The lowest BCUT2D eigenvalue weighted by Gasteiger charge is -2.12. The normalized spacial score (nSPS) is 11.8. The Hall–Kier alpha value is -6.39. The van der Waals surface area contributed by atoms with E-state index in [9.17, 15) is 0 Å². The van der Waals surface area contributed by atoms with E-state index in [0.717, 1.165) is 49.8 Å². The van der Waals surface area contributed by atoms with Crippen LogP contribution in [-0.2, 0) is 0 Å². The average Bonchev–Trinajstić information content (AvgIpc) is 3.69. The monoisotopic (exact) mass is 599 g/mol. The molecule has 0 aliphatic heterocycles. The van der Waals surface area contributed by atoms with E-state index in [1.54, 1.807) is 0 Å². The zero-order valence-electron chi connectivity index (χ0n) is 25.2. The van der Waals surface area contributed by atoms with Crippen LogP contribution in [0.15, 0.2) is 156 Å². The highest BCUT2D eigenvalue weighted by Crippen LogP contribution is 2.48. The SMILES string of the molecule is c1ccc(-c2cccc(-c3nc(-c4cc5c6c(cccc6c4)-c4ccccc4-5)nc(-c4cccc5oc6ccccc6c45)n3)c2)cc1. The van der Waals surface area contributed by atoms with E-state index >= 15 is 0 Å². The first-order valence-electron chi connectivity index (χ1n) is 15.8. The fraction of sp³-hybridized carbons (Fsp3) is 0. The number of rotatable bonds is 4. The molecular formula is C43H25N3O. The predicted octanol–water partition coefficient (Wildman–Crippen LogP) is 11.2. The van der Waals surface area contributed by atoms with Crippen LogP contribution in [-0.4, -0.2) is 15.0 Å². The number of nitrogens with zero attached hydrogens (tertiary/aromatic N) is 3. The van der Waals surface area contributed by atoms with Gasteiger partial charge in [-0.2, -0.15) is 0 Å². The van der Waals surface area contributed by atoms with Gasteiger partial charge in [0.25, 0.3) is 0 Å². The van der Waals surface area contributed by atoms with Crippen molar-refractivity contribution in [1.29, 1.82) is 0 Å². The van der Waals surface area contributed by atoms with Crippen LogP contribution in [0.4, 0.5) is 0 Å². The summed E-state index contributed by atoms with van der Waals surface area (Å²) in [6.07, 6.45) is 0. The Morgan fingerprint density at radius 1 is 0.340 bits per heavy atom. The van der Waals surface area contributed by atoms with E-state index in [1.165, 1.54) is 33.0 Å².